The average Bonchev–Trinajstić information content (AvgIpc) is 2.45. The summed E-state index contributed by atoms with van der Waals surface area (Å²) >= 11 is 6.05. The van der Waals surface area contributed by atoms with E-state index in [2.05, 4.69) is 0 Å². The van der Waals surface area contributed by atoms with E-state index in [-0.39, 0.29) is 0 Å². The van der Waals surface area contributed by atoms with Crippen LogP contribution in [0.1, 0.15) is 12.0 Å². The van der Waals surface area contributed by atoms with Gasteiger partial charge in [-0.1, -0.05) is 17.7 Å². The molecule has 0 atom stereocenters. The summed E-state index contributed by atoms with van der Waals surface area (Å²) < 4.78 is 15.8. The molecule has 0 saturated carbocycles. The molecule has 116 valence electrons. The molecular weight excluding hydrogens is 296 g/mol. The number of halogens is 1. The van der Waals surface area contributed by atoms with E-state index < -0.39 is 5.97 Å². The Kier molecular flexibility index (Phi) is 8.50. The van der Waals surface area contributed by atoms with Crippen LogP contribution in [0.15, 0.2) is 24.3 Å². The lowest BCUT2D eigenvalue weighted by atomic mass is 10.2. The van der Waals surface area contributed by atoms with E-state index in [0.717, 1.165) is 12.5 Å². The van der Waals surface area contributed by atoms with Gasteiger partial charge in [0.15, 0.2) is 0 Å². The second-order valence-corrected chi connectivity index (χ2v) is 4.54. The first kappa shape index (κ1) is 17.5. The molecule has 1 aromatic rings. The van der Waals surface area contributed by atoms with Gasteiger partial charge in [-0.2, -0.15) is 0 Å². The van der Waals surface area contributed by atoms with E-state index in [0.29, 0.717) is 42.8 Å². The van der Waals surface area contributed by atoms with Crippen LogP contribution in [0.3, 0.4) is 0 Å². The number of benzene rings is 1. The Morgan fingerprint density at radius 2 is 2.10 bits per heavy atom. The predicted molar refractivity (Wildman–Crippen MR) is 80.9 cm³/mol. The summed E-state index contributed by atoms with van der Waals surface area (Å²) in [7, 11) is 1.62. The summed E-state index contributed by atoms with van der Waals surface area (Å²) in [6.45, 7) is 2.16. The minimum atomic E-state index is -1.03. The maximum Gasteiger partial charge on any atom is 0.328 e. The Bertz CT molecular complexity index is 473. The van der Waals surface area contributed by atoms with Crippen molar-refractivity contribution >= 4 is 23.6 Å². The maximum absolute atomic E-state index is 10.6. The summed E-state index contributed by atoms with van der Waals surface area (Å²) in [5, 5.41) is 9.12. The highest BCUT2D eigenvalue weighted by atomic mass is 35.5. The van der Waals surface area contributed by atoms with E-state index in [4.69, 9.17) is 30.9 Å². The van der Waals surface area contributed by atoms with Crippen LogP contribution in [-0.4, -0.2) is 44.6 Å². The first-order valence-corrected chi connectivity index (χ1v) is 6.92. The van der Waals surface area contributed by atoms with Gasteiger partial charge in [-0.25, -0.2) is 4.79 Å². The highest BCUT2D eigenvalue weighted by Crippen LogP contribution is 2.27. The van der Waals surface area contributed by atoms with E-state index in [1.807, 2.05) is 0 Å². The Hall–Kier alpha value is -1.56. The molecule has 0 heterocycles. The molecule has 0 amide bonds. The van der Waals surface area contributed by atoms with Crippen LogP contribution < -0.4 is 4.74 Å². The minimum absolute atomic E-state index is 0.446. The van der Waals surface area contributed by atoms with Crippen molar-refractivity contribution in [3.05, 3.63) is 34.9 Å². The van der Waals surface area contributed by atoms with Crippen LogP contribution in [0.4, 0.5) is 0 Å². The van der Waals surface area contributed by atoms with Crippen molar-refractivity contribution in [2.75, 3.05) is 33.5 Å². The molecule has 0 aliphatic heterocycles. The second-order valence-electron chi connectivity index (χ2n) is 4.13. The normalized spacial score (nSPS) is 11.0. The van der Waals surface area contributed by atoms with Gasteiger partial charge in [-0.05, 0) is 18.2 Å². The number of carbonyl (C=O) groups is 1. The van der Waals surface area contributed by atoms with Gasteiger partial charge < -0.3 is 19.3 Å². The van der Waals surface area contributed by atoms with Crippen molar-refractivity contribution in [1.29, 1.82) is 0 Å². The number of ether oxygens (including phenoxy) is 3. The average molecular weight is 315 g/mol. The smallest absolute Gasteiger partial charge is 0.328 e. The summed E-state index contributed by atoms with van der Waals surface area (Å²) in [4.78, 5) is 10.6. The fraction of sp³-hybridized carbons (Fsp3) is 0.400. The number of hydrogen-bond donors (Lipinski definition) is 1. The van der Waals surface area contributed by atoms with Crippen LogP contribution >= 0.6 is 11.6 Å². The first-order valence-electron chi connectivity index (χ1n) is 6.54. The first-order chi connectivity index (χ1) is 10.1. The summed E-state index contributed by atoms with van der Waals surface area (Å²) in [5.41, 5.74) is 0.557. The third kappa shape index (κ3) is 7.13. The van der Waals surface area contributed by atoms with Crippen molar-refractivity contribution in [2.45, 2.75) is 6.42 Å². The van der Waals surface area contributed by atoms with E-state index in [1.54, 1.807) is 25.3 Å². The van der Waals surface area contributed by atoms with Gasteiger partial charge in [0.1, 0.15) is 5.75 Å². The zero-order chi connectivity index (χ0) is 15.5. The van der Waals surface area contributed by atoms with Gasteiger partial charge in [0, 0.05) is 31.8 Å². The molecule has 0 bridgehead atoms. The van der Waals surface area contributed by atoms with Crippen molar-refractivity contribution in [1.82, 2.24) is 0 Å². The summed E-state index contributed by atoms with van der Waals surface area (Å²) in [5.74, 6) is -0.482. The third-order valence-corrected chi connectivity index (χ3v) is 2.86. The molecule has 5 nitrogen and oxygen atoms in total. The van der Waals surface area contributed by atoms with E-state index >= 15 is 0 Å². The molecule has 0 unspecified atom stereocenters. The highest BCUT2D eigenvalue weighted by molar-refractivity contribution is 6.32. The summed E-state index contributed by atoms with van der Waals surface area (Å²) in [6.07, 6.45) is 3.18. The van der Waals surface area contributed by atoms with Gasteiger partial charge in [0.25, 0.3) is 0 Å². The fourth-order valence-corrected chi connectivity index (χ4v) is 1.78. The SMILES string of the molecule is COCCOCCCOc1cccc(Cl)c1/C=C/C(=O)O. The van der Waals surface area contributed by atoms with Crippen molar-refractivity contribution in [3.8, 4) is 5.75 Å². The Morgan fingerprint density at radius 3 is 2.81 bits per heavy atom. The standard InChI is InChI=1S/C15H19ClO5/c1-19-10-11-20-8-3-9-21-14-5-2-4-13(16)12(14)6-7-15(17)18/h2,4-7H,3,8-11H2,1H3,(H,17,18)/b7-6+. The van der Waals surface area contributed by atoms with Crippen LogP contribution in [0.5, 0.6) is 5.75 Å². The van der Waals surface area contributed by atoms with Gasteiger partial charge in [0.2, 0.25) is 0 Å². The Labute approximate surface area is 129 Å². The van der Waals surface area contributed by atoms with Crippen LogP contribution in [0.25, 0.3) is 6.08 Å². The van der Waals surface area contributed by atoms with E-state index in [9.17, 15) is 4.79 Å². The van der Waals surface area contributed by atoms with Gasteiger partial charge >= 0.3 is 5.97 Å². The number of rotatable bonds is 10. The summed E-state index contributed by atoms with van der Waals surface area (Å²) in [6, 6.07) is 5.19. The third-order valence-electron chi connectivity index (χ3n) is 2.53. The number of aliphatic carboxylic acids is 1. The molecule has 0 aromatic heterocycles. The second kappa shape index (κ2) is 10.2. The number of methoxy groups -OCH3 is 1. The van der Waals surface area contributed by atoms with Crippen molar-refractivity contribution in [2.24, 2.45) is 0 Å². The zero-order valence-electron chi connectivity index (χ0n) is 11.9. The number of carboxylic acids is 1. The van der Waals surface area contributed by atoms with Crippen LogP contribution in [0, 0.1) is 0 Å². The molecule has 0 aliphatic rings. The van der Waals surface area contributed by atoms with Gasteiger partial charge in [-0.15, -0.1) is 0 Å². The molecule has 1 rings (SSSR count). The predicted octanol–water partition coefficient (Wildman–Crippen LogP) is 2.87. The lowest BCUT2D eigenvalue weighted by molar-refractivity contribution is -0.131. The van der Waals surface area contributed by atoms with Crippen LogP contribution in [0.2, 0.25) is 5.02 Å². The Morgan fingerprint density at radius 1 is 1.29 bits per heavy atom. The highest BCUT2D eigenvalue weighted by Gasteiger charge is 2.06. The number of hydrogen-bond acceptors (Lipinski definition) is 4. The minimum Gasteiger partial charge on any atom is -0.493 e. The molecule has 0 saturated heterocycles. The fourth-order valence-electron chi connectivity index (χ4n) is 1.55. The largest absolute Gasteiger partial charge is 0.493 e. The lowest BCUT2D eigenvalue weighted by Crippen LogP contribution is -2.07. The van der Waals surface area contributed by atoms with Gasteiger partial charge in [-0.3, -0.25) is 0 Å². The van der Waals surface area contributed by atoms with Crippen LogP contribution in [-0.2, 0) is 14.3 Å². The number of carboxylic acid groups (broad SMARTS) is 1. The molecule has 0 fully saturated rings. The molecule has 0 aliphatic carbocycles. The lowest BCUT2D eigenvalue weighted by Gasteiger charge is -2.10. The van der Waals surface area contributed by atoms with E-state index in [1.165, 1.54) is 6.08 Å². The molecule has 1 N–H and O–H groups in total. The maximum atomic E-state index is 10.6. The molecule has 0 spiro atoms. The molecule has 1 aromatic carbocycles. The molecule has 0 radical (unpaired) electrons. The monoisotopic (exact) mass is 314 g/mol. The molecule has 21 heavy (non-hydrogen) atoms. The van der Waals surface area contributed by atoms with Gasteiger partial charge in [0.05, 0.1) is 24.8 Å². The zero-order valence-corrected chi connectivity index (χ0v) is 12.6. The topological polar surface area (TPSA) is 65.0 Å². The molecular formula is C15H19ClO5. The van der Waals surface area contributed by atoms with Crippen molar-refractivity contribution < 1.29 is 24.1 Å². The quantitative estimate of drug-likeness (QED) is 0.531. The van der Waals surface area contributed by atoms with Crippen molar-refractivity contribution in [3.63, 3.8) is 0 Å². The Balaban J connectivity index is 2.47. The molecule has 6 heteroatoms.